The molecular weight excluding hydrogens is 276 g/mol. The van der Waals surface area contributed by atoms with Crippen LogP contribution in [0.5, 0.6) is 5.75 Å². The fourth-order valence-electron chi connectivity index (χ4n) is 2.54. The van der Waals surface area contributed by atoms with Crippen LogP contribution < -0.4 is 9.64 Å². The van der Waals surface area contributed by atoms with Crippen LogP contribution in [0.1, 0.15) is 5.69 Å². The number of hydrazone groups is 1. The number of benzene rings is 1. The lowest BCUT2D eigenvalue weighted by Crippen LogP contribution is -2.44. The van der Waals surface area contributed by atoms with Crippen molar-refractivity contribution in [1.29, 1.82) is 0 Å². The highest BCUT2D eigenvalue weighted by molar-refractivity contribution is 5.76. The zero-order valence-electron chi connectivity index (χ0n) is 12.7. The zero-order valence-corrected chi connectivity index (χ0v) is 12.7. The molecule has 0 spiro atoms. The standard InChI is InChI=1S/C17H20N4O/c1-22-17-8-3-2-7-16(17)20-10-12-21(13-11-20)19-14-15-6-4-5-9-18-15/h2-9,14H,10-13H2,1H3/b19-14+. The van der Waals surface area contributed by atoms with Gasteiger partial charge >= 0.3 is 0 Å². The van der Waals surface area contributed by atoms with Crippen LogP contribution in [-0.4, -0.2) is 49.5 Å². The van der Waals surface area contributed by atoms with Crippen LogP contribution in [-0.2, 0) is 0 Å². The third-order valence-electron chi connectivity index (χ3n) is 3.72. The third-order valence-corrected chi connectivity index (χ3v) is 3.72. The highest BCUT2D eigenvalue weighted by atomic mass is 16.5. The van der Waals surface area contributed by atoms with Gasteiger partial charge in [0.05, 0.1) is 37.8 Å². The molecule has 1 aliphatic rings. The third kappa shape index (κ3) is 3.36. The summed E-state index contributed by atoms with van der Waals surface area (Å²) in [5.74, 6) is 0.924. The molecule has 5 heteroatoms. The summed E-state index contributed by atoms with van der Waals surface area (Å²) < 4.78 is 5.44. The van der Waals surface area contributed by atoms with E-state index in [1.165, 1.54) is 0 Å². The maximum absolute atomic E-state index is 5.44. The number of aromatic nitrogens is 1. The number of para-hydroxylation sites is 2. The number of ether oxygens (including phenoxy) is 1. The Kier molecular flexibility index (Phi) is 4.53. The van der Waals surface area contributed by atoms with Gasteiger partial charge in [-0.05, 0) is 24.3 Å². The molecule has 0 amide bonds. The SMILES string of the molecule is COc1ccccc1N1CCN(/N=C/c2ccccn2)CC1. The van der Waals surface area contributed by atoms with Gasteiger partial charge in [0.1, 0.15) is 5.75 Å². The number of hydrogen-bond acceptors (Lipinski definition) is 5. The van der Waals surface area contributed by atoms with Crippen molar-refractivity contribution in [2.24, 2.45) is 5.10 Å². The molecule has 1 fully saturated rings. The van der Waals surface area contributed by atoms with E-state index in [9.17, 15) is 0 Å². The summed E-state index contributed by atoms with van der Waals surface area (Å²) in [4.78, 5) is 6.58. The molecular formula is C17H20N4O. The second-order valence-electron chi connectivity index (χ2n) is 5.11. The first-order valence-corrected chi connectivity index (χ1v) is 7.45. The van der Waals surface area contributed by atoms with Crippen LogP contribution in [0.4, 0.5) is 5.69 Å². The minimum atomic E-state index is 0.884. The summed E-state index contributed by atoms with van der Waals surface area (Å²) >= 11 is 0. The molecule has 114 valence electrons. The highest BCUT2D eigenvalue weighted by Crippen LogP contribution is 2.28. The summed E-state index contributed by atoms with van der Waals surface area (Å²) in [5, 5.41) is 6.60. The monoisotopic (exact) mass is 296 g/mol. The van der Waals surface area contributed by atoms with Crippen LogP contribution in [0.15, 0.2) is 53.8 Å². The highest BCUT2D eigenvalue weighted by Gasteiger charge is 2.18. The predicted molar refractivity (Wildman–Crippen MR) is 88.6 cm³/mol. The molecule has 1 saturated heterocycles. The van der Waals surface area contributed by atoms with E-state index in [2.05, 4.69) is 26.1 Å². The van der Waals surface area contributed by atoms with Gasteiger partial charge in [-0.3, -0.25) is 9.99 Å². The number of anilines is 1. The average molecular weight is 296 g/mol. The molecule has 0 saturated carbocycles. The number of nitrogens with zero attached hydrogens (tertiary/aromatic N) is 4. The van der Waals surface area contributed by atoms with Gasteiger partial charge in [0, 0.05) is 19.3 Å². The van der Waals surface area contributed by atoms with Crippen molar-refractivity contribution >= 4 is 11.9 Å². The van der Waals surface area contributed by atoms with E-state index in [0.717, 1.165) is 43.3 Å². The number of pyridine rings is 1. The molecule has 0 radical (unpaired) electrons. The Morgan fingerprint density at radius 1 is 1.05 bits per heavy atom. The van der Waals surface area contributed by atoms with Crippen LogP contribution in [0.2, 0.25) is 0 Å². The molecule has 1 aromatic heterocycles. The van der Waals surface area contributed by atoms with Crippen molar-refractivity contribution in [3.8, 4) is 5.75 Å². The molecule has 0 aliphatic carbocycles. The van der Waals surface area contributed by atoms with Crippen LogP contribution in [0.25, 0.3) is 0 Å². The summed E-state index contributed by atoms with van der Waals surface area (Å²) in [6, 6.07) is 14.0. The van der Waals surface area contributed by atoms with Gasteiger partial charge < -0.3 is 9.64 Å². The molecule has 2 heterocycles. The van der Waals surface area contributed by atoms with E-state index in [4.69, 9.17) is 4.74 Å². The lowest BCUT2D eigenvalue weighted by molar-refractivity contribution is 0.271. The van der Waals surface area contributed by atoms with E-state index in [0.29, 0.717) is 0 Å². The number of hydrogen-bond donors (Lipinski definition) is 0. The fraction of sp³-hybridized carbons (Fsp3) is 0.294. The van der Waals surface area contributed by atoms with Gasteiger partial charge in [-0.2, -0.15) is 5.10 Å². The molecule has 0 N–H and O–H groups in total. The summed E-state index contributed by atoms with van der Waals surface area (Å²) in [7, 11) is 1.71. The normalized spacial score (nSPS) is 15.3. The summed E-state index contributed by atoms with van der Waals surface area (Å²) in [6.07, 6.45) is 3.60. The van der Waals surface area contributed by atoms with E-state index in [1.54, 1.807) is 13.3 Å². The topological polar surface area (TPSA) is 41.0 Å². The minimum Gasteiger partial charge on any atom is -0.495 e. The van der Waals surface area contributed by atoms with Crippen LogP contribution in [0, 0.1) is 0 Å². The average Bonchev–Trinajstić information content (AvgIpc) is 2.61. The maximum Gasteiger partial charge on any atom is 0.142 e. The van der Waals surface area contributed by atoms with Crippen molar-refractivity contribution in [1.82, 2.24) is 9.99 Å². The van der Waals surface area contributed by atoms with Gasteiger partial charge in [0.15, 0.2) is 0 Å². The van der Waals surface area contributed by atoms with Crippen molar-refractivity contribution in [2.45, 2.75) is 0 Å². The predicted octanol–water partition coefficient (Wildman–Crippen LogP) is 2.25. The maximum atomic E-state index is 5.44. The summed E-state index contributed by atoms with van der Waals surface area (Å²) in [5.41, 5.74) is 2.04. The van der Waals surface area contributed by atoms with Crippen molar-refractivity contribution < 1.29 is 4.74 Å². The Morgan fingerprint density at radius 2 is 1.82 bits per heavy atom. The lowest BCUT2D eigenvalue weighted by atomic mass is 10.2. The second kappa shape index (κ2) is 6.93. The molecule has 22 heavy (non-hydrogen) atoms. The zero-order chi connectivity index (χ0) is 15.2. The first-order valence-electron chi connectivity index (χ1n) is 7.45. The van der Waals surface area contributed by atoms with Gasteiger partial charge in [-0.15, -0.1) is 0 Å². The largest absolute Gasteiger partial charge is 0.495 e. The van der Waals surface area contributed by atoms with Crippen molar-refractivity contribution in [2.75, 3.05) is 38.2 Å². The van der Waals surface area contributed by atoms with Gasteiger partial charge in [-0.25, -0.2) is 0 Å². The Bertz CT molecular complexity index is 622. The van der Waals surface area contributed by atoms with Crippen molar-refractivity contribution in [3.63, 3.8) is 0 Å². The van der Waals surface area contributed by atoms with E-state index in [-0.39, 0.29) is 0 Å². The molecule has 5 nitrogen and oxygen atoms in total. The molecule has 3 rings (SSSR count). The Labute approximate surface area is 130 Å². The van der Waals surface area contributed by atoms with Crippen molar-refractivity contribution in [3.05, 3.63) is 54.4 Å². The van der Waals surface area contributed by atoms with Crippen LogP contribution in [0.3, 0.4) is 0 Å². The van der Waals surface area contributed by atoms with Gasteiger partial charge in [0.25, 0.3) is 0 Å². The minimum absolute atomic E-state index is 0.884. The number of piperazine rings is 1. The van der Waals surface area contributed by atoms with E-state index in [1.807, 2.05) is 42.6 Å². The summed E-state index contributed by atoms with van der Waals surface area (Å²) in [6.45, 7) is 3.64. The Morgan fingerprint density at radius 3 is 2.55 bits per heavy atom. The first kappa shape index (κ1) is 14.4. The van der Waals surface area contributed by atoms with Crippen LogP contribution >= 0.6 is 0 Å². The fourth-order valence-corrected chi connectivity index (χ4v) is 2.54. The first-order chi connectivity index (χ1) is 10.9. The molecule has 1 aromatic carbocycles. The van der Waals surface area contributed by atoms with Gasteiger partial charge in [-0.1, -0.05) is 18.2 Å². The van der Waals surface area contributed by atoms with E-state index < -0.39 is 0 Å². The smallest absolute Gasteiger partial charge is 0.142 e. The molecule has 0 bridgehead atoms. The molecule has 1 aliphatic heterocycles. The second-order valence-corrected chi connectivity index (χ2v) is 5.11. The van der Waals surface area contributed by atoms with E-state index >= 15 is 0 Å². The Hall–Kier alpha value is -2.56. The number of methoxy groups -OCH3 is 1. The molecule has 0 atom stereocenters. The quantitative estimate of drug-likeness (QED) is 0.812. The molecule has 0 unspecified atom stereocenters. The lowest BCUT2D eigenvalue weighted by Gasteiger charge is -2.35. The Balaban J connectivity index is 1.60. The molecule has 2 aromatic rings. The van der Waals surface area contributed by atoms with Gasteiger partial charge in [0.2, 0.25) is 0 Å². The number of rotatable bonds is 4.